The highest BCUT2D eigenvalue weighted by atomic mass is 35.5. The summed E-state index contributed by atoms with van der Waals surface area (Å²) in [7, 11) is 1.60. The van der Waals surface area contributed by atoms with Gasteiger partial charge in [-0.15, -0.1) is 0 Å². The molecule has 0 fully saturated rings. The molecule has 0 spiro atoms. The van der Waals surface area contributed by atoms with E-state index in [-0.39, 0.29) is 18.2 Å². The summed E-state index contributed by atoms with van der Waals surface area (Å²) < 4.78 is 5.07. The Morgan fingerprint density at radius 2 is 1.58 bits per heavy atom. The highest BCUT2D eigenvalue weighted by Crippen LogP contribution is 2.14. The minimum atomic E-state index is -0.345. The van der Waals surface area contributed by atoms with Crippen LogP contribution in [-0.4, -0.2) is 18.9 Å². The second kappa shape index (κ2) is 8.93. The highest BCUT2D eigenvalue weighted by Gasteiger charge is 2.09. The Bertz CT molecular complexity index is 702. The average Bonchev–Trinajstić information content (AvgIpc) is 2.59. The van der Waals surface area contributed by atoms with Gasteiger partial charge in [0.15, 0.2) is 0 Å². The van der Waals surface area contributed by atoms with Crippen LogP contribution in [0.25, 0.3) is 0 Å². The Kier molecular flexibility index (Phi) is 6.63. The molecule has 0 saturated carbocycles. The van der Waals surface area contributed by atoms with E-state index >= 15 is 0 Å². The van der Waals surface area contributed by atoms with Gasteiger partial charge in [-0.3, -0.25) is 9.59 Å². The molecule has 0 aliphatic heterocycles. The Balaban J connectivity index is 1.73. The molecular weight excluding hydrogens is 328 g/mol. The molecule has 2 aromatic carbocycles. The third kappa shape index (κ3) is 5.59. The van der Waals surface area contributed by atoms with E-state index in [1.807, 2.05) is 42.5 Å². The lowest BCUT2D eigenvalue weighted by Gasteiger charge is -2.08. The normalized spacial score (nSPS) is 10.1. The van der Waals surface area contributed by atoms with E-state index in [1.54, 1.807) is 13.2 Å². The molecule has 24 heavy (non-hydrogen) atoms. The van der Waals surface area contributed by atoms with E-state index < -0.39 is 0 Å². The number of nitrogens with one attached hydrogen (secondary N) is 2. The van der Waals surface area contributed by atoms with Gasteiger partial charge < -0.3 is 15.4 Å². The van der Waals surface area contributed by atoms with Crippen LogP contribution < -0.4 is 15.4 Å². The van der Waals surface area contributed by atoms with Crippen molar-refractivity contribution < 1.29 is 14.3 Å². The van der Waals surface area contributed by atoms with Crippen LogP contribution in [0.15, 0.2) is 48.5 Å². The molecule has 0 unspecified atom stereocenters. The molecule has 2 aromatic rings. The monoisotopic (exact) mass is 346 g/mol. The summed E-state index contributed by atoms with van der Waals surface area (Å²) in [5, 5.41) is 5.98. The molecule has 5 nitrogen and oxygen atoms in total. The van der Waals surface area contributed by atoms with E-state index in [0.29, 0.717) is 18.1 Å². The SMILES string of the molecule is COc1ccc(CNC(=O)CC(=O)NCc2ccccc2Cl)cc1. The molecule has 6 heteroatoms. The Hall–Kier alpha value is -2.53. The predicted molar refractivity (Wildman–Crippen MR) is 92.8 cm³/mol. The van der Waals surface area contributed by atoms with E-state index in [4.69, 9.17) is 16.3 Å². The summed E-state index contributed by atoms with van der Waals surface area (Å²) >= 11 is 6.01. The van der Waals surface area contributed by atoms with Crippen LogP contribution in [0.3, 0.4) is 0 Å². The van der Waals surface area contributed by atoms with E-state index in [2.05, 4.69) is 10.6 Å². The van der Waals surface area contributed by atoms with Gasteiger partial charge in [0.1, 0.15) is 12.2 Å². The second-order valence-electron chi connectivity index (χ2n) is 5.17. The molecule has 0 bridgehead atoms. The van der Waals surface area contributed by atoms with Crippen LogP contribution in [0.1, 0.15) is 17.5 Å². The van der Waals surface area contributed by atoms with Crippen molar-refractivity contribution in [3.63, 3.8) is 0 Å². The topological polar surface area (TPSA) is 67.4 Å². The third-order valence-electron chi connectivity index (χ3n) is 3.40. The summed E-state index contributed by atoms with van der Waals surface area (Å²) in [6.07, 6.45) is -0.222. The largest absolute Gasteiger partial charge is 0.497 e. The van der Waals surface area contributed by atoms with Crippen LogP contribution in [-0.2, 0) is 22.7 Å². The molecule has 0 heterocycles. The lowest BCUT2D eigenvalue weighted by Crippen LogP contribution is -2.31. The highest BCUT2D eigenvalue weighted by molar-refractivity contribution is 6.31. The molecule has 0 saturated heterocycles. The van der Waals surface area contributed by atoms with Crippen molar-refractivity contribution >= 4 is 23.4 Å². The van der Waals surface area contributed by atoms with Crippen molar-refractivity contribution in [3.05, 3.63) is 64.7 Å². The lowest BCUT2D eigenvalue weighted by atomic mass is 10.2. The first-order valence-corrected chi connectivity index (χ1v) is 7.86. The zero-order chi connectivity index (χ0) is 17.4. The van der Waals surface area contributed by atoms with Gasteiger partial charge in [0.2, 0.25) is 11.8 Å². The molecule has 0 aromatic heterocycles. The van der Waals surface area contributed by atoms with Crippen molar-refractivity contribution in [2.24, 2.45) is 0 Å². The van der Waals surface area contributed by atoms with Gasteiger partial charge in [0.05, 0.1) is 7.11 Å². The molecule has 0 aliphatic carbocycles. The minimum absolute atomic E-state index is 0.222. The van der Waals surface area contributed by atoms with Crippen molar-refractivity contribution in [1.29, 1.82) is 0 Å². The van der Waals surface area contributed by atoms with Gasteiger partial charge in [-0.05, 0) is 29.3 Å². The quantitative estimate of drug-likeness (QED) is 0.757. The Morgan fingerprint density at radius 3 is 2.21 bits per heavy atom. The van der Waals surface area contributed by atoms with E-state index in [9.17, 15) is 9.59 Å². The number of hydrogen-bond donors (Lipinski definition) is 2. The number of carbonyl (C=O) groups excluding carboxylic acids is 2. The summed E-state index contributed by atoms with van der Waals surface area (Å²) in [6.45, 7) is 0.658. The third-order valence-corrected chi connectivity index (χ3v) is 3.77. The van der Waals surface area contributed by atoms with Gasteiger partial charge in [-0.1, -0.05) is 41.9 Å². The molecule has 126 valence electrons. The maximum atomic E-state index is 11.8. The first kappa shape index (κ1) is 17.8. The summed E-state index contributed by atoms with van der Waals surface area (Å²) in [6, 6.07) is 14.6. The number of hydrogen-bond acceptors (Lipinski definition) is 3. The minimum Gasteiger partial charge on any atom is -0.497 e. The van der Waals surface area contributed by atoms with Gasteiger partial charge in [-0.2, -0.15) is 0 Å². The number of benzene rings is 2. The maximum Gasteiger partial charge on any atom is 0.229 e. The van der Waals surface area contributed by atoms with E-state index in [1.165, 1.54) is 0 Å². The lowest BCUT2D eigenvalue weighted by molar-refractivity contribution is -0.129. The van der Waals surface area contributed by atoms with Gasteiger partial charge in [0.25, 0.3) is 0 Å². The molecule has 0 radical (unpaired) electrons. The zero-order valence-corrected chi connectivity index (χ0v) is 14.1. The number of methoxy groups -OCH3 is 1. The molecule has 0 aliphatic rings. The number of halogens is 1. The summed E-state index contributed by atoms with van der Waals surface area (Å²) in [5.41, 5.74) is 1.74. The number of carbonyl (C=O) groups is 2. The molecule has 2 rings (SSSR count). The van der Waals surface area contributed by atoms with Crippen LogP contribution in [0.5, 0.6) is 5.75 Å². The summed E-state index contributed by atoms with van der Waals surface area (Å²) in [5.74, 6) is 0.0775. The molecule has 2 N–H and O–H groups in total. The Labute approximate surface area is 146 Å². The fraction of sp³-hybridized carbons (Fsp3) is 0.222. The van der Waals surface area contributed by atoms with Gasteiger partial charge >= 0.3 is 0 Å². The molecule has 2 amide bonds. The average molecular weight is 347 g/mol. The molecular formula is C18H19ClN2O3. The van der Waals surface area contributed by atoms with Crippen LogP contribution in [0, 0.1) is 0 Å². The smallest absolute Gasteiger partial charge is 0.229 e. The first-order valence-electron chi connectivity index (χ1n) is 7.48. The van der Waals surface area contributed by atoms with E-state index in [0.717, 1.165) is 16.9 Å². The fourth-order valence-electron chi connectivity index (χ4n) is 2.05. The van der Waals surface area contributed by atoms with Crippen LogP contribution in [0.4, 0.5) is 0 Å². The fourth-order valence-corrected chi connectivity index (χ4v) is 2.25. The zero-order valence-electron chi connectivity index (χ0n) is 13.3. The number of amides is 2. The van der Waals surface area contributed by atoms with Gasteiger partial charge in [-0.25, -0.2) is 0 Å². The standard InChI is InChI=1S/C18H19ClN2O3/c1-24-15-8-6-13(7-9-15)11-20-17(22)10-18(23)21-12-14-4-2-3-5-16(14)19/h2-9H,10-12H2,1H3,(H,20,22)(H,21,23). The number of ether oxygens (including phenoxy) is 1. The van der Waals surface area contributed by atoms with Crippen LogP contribution >= 0.6 is 11.6 Å². The Morgan fingerprint density at radius 1 is 0.958 bits per heavy atom. The first-order chi connectivity index (χ1) is 11.6. The van der Waals surface area contributed by atoms with Crippen LogP contribution in [0.2, 0.25) is 5.02 Å². The second-order valence-corrected chi connectivity index (χ2v) is 5.58. The molecule has 0 atom stereocenters. The summed E-state index contributed by atoms with van der Waals surface area (Å²) in [4.78, 5) is 23.6. The predicted octanol–water partition coefficient (Wildman–Crippen LogP) is 2.67. The van der Waals surface area contributed by atoms with Crippen molar-refractivity contribution in [2.75, 3.05) is 7.11 Å². The number of rotatable bonds is 7. The maximum absolute atomic E-state index is 11.8. The van der Waals surface area contributed by atoms with Gasteiger partial charge in [0, 0.05) is 18.1 Å². The van der Waals surface area contributed by atoms with Crippen molar-refractivity contribution in [2.45, 2.75) is 19.5 Å². The van der Waals surface area contributed by atoms with Crippen molar-refractivity contribution in [3.8, 4) is 5.75 Å². The van der Waals surface area contributed by atoms with Crippen molar-refractivity contribution in [1.82, 2.24) is 10.6 Å².